The van der Waals surface area contributed by atoms with Crippen LogP contribution in [0, 0.1) is 0 Å². The fourth-order valence-corrected chi connectivity index (χ4v) is 3.65. The summed E-state index contributed by atoms with van der Waals surface area (Å²) in [6, 6.07) is 6.27. The van der Waals surface area contributed by atoms with Crippen molar-refractivity contribution < 1.29 is 43.8 Å². The molecule has 3 rings (SSSR count). The molecule has 5 N–H and O–H groups in total. The normalized spacial score (nSPS) is 14.6. The molecule has 2 aromatic carbocycles. The van der Waals surface area contributed by atoms with Crippen LogP contribution in [-0.2, 0) is 0 Å². The number of aromatic nitrogens is 2. The molecular formula is C23H27ClFN3O8. The van der Waals surface area contributed by atoms with Crippen molar-refractivity contribution in [2.45, 2.75) is 24.5 Å². The minimum atomic E-state index is -2.12. The Morgan fingerprint density at radius 3 is 2.19 bits per heavy atom. The highest BCUT2D eigenvalue weighted by Crippen LogP contribution is 2.40. The summed E-state index contributed by atoms with van der Waals surface area (Å²) in [7, 11) is 4.35. The molecule has 0 saturated heterocycles. The van der Waals surface area contributed by atoms with E-state index in [-0.39, 0.29) is 11.5 Å². The molecule has 0 saturated carbocycles. The molecule has 1 aromatic heterocycles. The number of aliphatic hydroxyl groups is 4. The number of benzene rings is 2. The molecule has 0 aliphatic rings. The van der Waals surface area contributed by atoms with E-state index in [0.717, 1.165) is 0 Å². The van der Waals surface area contributed by atoms with E-state index < -0.39 is 37.7 Å². The second-order valence-corrected chi connectivity index (χ2v) is 7.98. The van der Waals surface area contributed by atoms with E-state index in [9.17, 15) is 19.7 Å². The second kappa shape index (κ2) is 12.2. The lowest BCUT2D eigenvalue weighted by molar-refractivity contribution is -0.0981. The van der Waals surface area contributed by atoms with Crippen molar-refractivity contribution >= 4 is 34.0 Å². The van der Waals surface area contributed by atoms with Gasteiger partial charge in [0.2, 0.25) is 0 Å². The van der Waals surface area contributed by atoms with Crippen molar-refractivity contribution in [3.63, 3.8) is 0 Å². The Bertz CT molecular complexity index is 1190. The van der Waals surface area contributed by atoms with Gasteiger partial charge in [-0.2, -0.15) is 0 Å². The predicted molar refractivity (Wildman–Crippen MR) is 129 cm³/mol. The maximum absolute atomic E-state index is 13.6. The topological polar surface area (TPSA) is 156 Å². The van der Waals surface area contributed by atoms with E-state index in [2.05, 4.69) is 15.3 Å². The monoisotopic (exact) mass is 527 g/mol. The zero-order valence-corrected chi connectivity index (χ0v) is 20.4. The lowest BCUT2D eigenvalue weighted by atomic mass is 10.0. The molecule has 0 aliphatic carbocycles. The molecule has 4 atom stereocenters. The highest BCUT2D eigenvalue weighted by Gasteiger charge is 2.34. The van der Waals surface area contributed by atoms with Crippen LogP contribution in [0.25, 0.3) is 10.9 Å². The van der Waals surface area contributed by atoms with Crippen LogP contribution >= 0.6 is 11.6 Å². The van der Waals surface area contributed by atoms with Crippen molar-refractivity contribution in [3.05, 3.63) is 35.6 Å². The van der Waals surface area contributed by atoms with Gasteiger partial charge in [-0.15, -0.1) is 0 Å². The molecule has 0 bridgehead atoms. The summed E-state index contributed by atoms with van der Waals surface area (Å²) in [6.45, 7) is -1.76. The number of hydrogen-bond donors (Lipinski definition) is 5. The van der Waals surface area contributed by atoms with Gasteiger partial charge in [0, 0.05) is 23.6 Å². The average Bonchev–Trinajstić information content (AvgIpc) is 2.90. The summed E-state index contributed by atoms with van der Waals surface area (Å²) in [6.07, 6.45) is -6.07. The fourth-order valence-electron chi connectivity index (χ4n) is 3.42. The maximum Gasteiger partial charge on any atom is 0.164 e. The van der Waals surface area contributed by atoms with Gasteiger partial charge in [0.15, 0.2) is 23.8 Å². The van der Waals surface area contributed by atoms with E-state index in [1.165, 1.54) is 33.7 Å². The molecule has 0 fully saturated rings. The van der Waals surface area contributed by atoms with Gasteiger partial charge in [0.1, 0.15) is 35.9 Å². The summed E-state index contributed by atoms with van der Waals surface area (Å²) in [5, 5.41) is 42.7. The number of alkyl halides is 1. The van der Waals surface area contributed by atoms with Crippen LogP contribution in [0.15, 0.2) is 30.6 Å². The predicted octanol–water partition coefficient (Wildman–Crippen LogP) is 1.84. The van der Waals surface area contributed by atoms with Crippen LogP contribution < -0.4 is 24.3 Å². The number of methoxy groups -OCH3 is 3. The van der Waals surface area contributed by atoms with Gasteiger partial charge >= 0.3 is 0 Å². The second-order valence-electron chi connectivity index (χ2n) is 7.57. The molecule has 3 aromatic rings. The van der Waals surface area contributed by atoms with Gasteiger partial charge in [0.05, 0.1) is 50.8 Å². The summed E-state index contributed by atoms with van der Waals surface area (Å²) in [5.74, 6) is 1.47. The van der Waals surface area contributed by atoms with E-state index in [1.54, 1.807) is 18.2 Å². The molecule has 0 amide bonds. The third-order valence-corrected chi connectivity index (χ3v) is 5.68. The third kappa shape index (κ3) is 5.79. The standard InChI is InChI=1S/C23H27ClFN3O8/c1-33-16-7-15(17(34-2)5-12(16)24)28-23-11-4-18(35-3)19(6-14(11)26-10-27-23)36-20(9-30)22(32)21(31)13(25)8-29/h4-7,10,13,20-22,29-32H,8-9H2,1-3H3,(H,26,27,28)/t13-,20-,21+,22+/m1/s1. The van der Waals surface area contributed by atoms with Crippen molar-refractivity contribution in [2.24, 2.45) is 0 Å². The van der Waals surface area contributed by atoms with Crippen LogP contribution in [0.2, 0.25) is 5.02 Å². The molecule has 0 aliphatic heterocycles. The fraction of sp³-hybridized carbons (Fsp3) is 0.391. The minimum Gasteiger partial charge on any atom is -0.495 e. The summed E-state index contributed by atoms with van der Waals surface area (Å²) >= 11 is 6.18. The van der Waals surface area contributed by atoms with Crippen molar-refractivity contribution in [3.8, 4) is 23.0 Å². The SMILES string of the molecule is COc1cc(Nc2ncnc3cc(O[C@H](CO)[C@H](O)[C@@H](O)[C@H](F)CO)c(OC)cc23)c(OC)cc1Cl. The molecule has 0 radical (unpaired) electrons. The van der Waals surface area contributed by atoms with Crippen LogP contribution in [0.5, 0.6) is 23.0 Å². The Balaban J connectivity index is 1.99. The first kappa shape index (κ1) is 27.4. The van der Waals surface area contributed by atoms with Gasteiger partial charge in [-0.25, -0.2) is 14.4 Å². The van der Waals surface area contributed by atoms with Crippen molar-refractivity contribution in [2.75, 3.05) is 39.9 Å². The zero-order chi connectivity index (χ0) is 26.4. The Hall–Kier alpha value is -3.16. The first-order valence-electron chi connectivity index (χ1n) is 10.7. The van der Waals surface area contributed by atoms with Crippen molar-refractivity contribution in [1.82, 2.24) is 9.97 Å². The molecule has 13 heteroatoms. The number of halogens is 2. The molecule has 0 spiro atoms. The Kier molecular flexibility index (Phi) is 9.29. The molecule has 1 heterocycles. The molecule has 0 unspecified atom stereocenters. The van der Waals surface area contributed by atoms with E-state index >= 15 is 0 Å². The average molecular weight is 528 g/mol. The molecule has 36 heavy (non-hydrogen) atoms. The largest absolute Gasteiger partial charge is 0.495 e. The number of nitrogens with zero attached hydrogens (tertiary/aromatic N) is 2. The van der Waals surface area contributed by atoms with Gasteiger partial charge in [0.25, 0.3) is 0 Å². The third-order valence-electron chi connectivity index (χ3n) is 5.38. The molecular weight excluding hydrogens is 501 g/mol. The van der Waals surface area contributed by atoms with Crippen LogP contribution in [0.1, 0.15) is 0 Å². The van der Waals surface area contributed by atoms with Crippen LogP contribution in [0.4, 0.5) is 15.9 Å². The smallest absolute Gasteiger partial charge is 0.164 e. The number of hydrogen-bond acceptors (Lipinski definition) is 11. The van der Waals surface area contributed by atoms with Gasteiger partial charge in [-0.3, -0.25) is 0 Å². The number of rotatable bonds is 12. The number of fused-ring (bicyclic) bond motifs is 1. The first-order valence-corrected chi connectivity index (χ1v) is 11.1. The van der Waals surface area contributed by atoms with Gasteiger partial charge in [-0.1, -0.05) is 11.6 Å². The van der Waals surface area contributed by atoms with Gasteiger partial charge < -0.3 is 44.7 Å². The summed E-state index contributed by atoms with van der Waals surface area (Å²) < 4.78 is 35.4. The number of nitrogens with one attached hydrogen (secondary N) is 1. The van der Waals surface area contributed by atoms with E-state index in [0.29, 0.717) is 38.9 Å². The highest BCUT2D eigenvalue weighted by atomic mass is 35.5. The first-order chi connectivity index (χ1) is 17.3. The zero-order valence-electron chi connectivity index (χ0n) is 19.7. The lowest BCUT2D eigenvalue weighted by Gasteiger charge is -2.28. The lowest BCUT2D eigenvalue weighted by Crippen LogP contribution is -2.48. The number of ether oxygens (including phenoxy) is 4. The van der Waals surface area contributed by atoms with Crippen LogP contribution in [0.3, 0.4) is 0 Å². The van der Waals surface area contributed by atoms with E-state index in [1.807, 2.05) is 0 Å². The number of aliphatic hydroxyl groups excluding tert-OH is 4. The van der Waals surface area contributed by atoms with Crippen LogP contribution in [-0.4, -0.2) is 89.4 Å². The quantitative estimate of drug-likeness (QED) is 0.234. The Morgan fingerprint density at radius 2 is 1.58 bits per heavy atom. The summed E-state index contributed by atoms with van der Waals surface area (Å²) in [5.41, 5.74) is 0.911. The van der Waals surface area contributed by atoms with Crippen molar-refractivity contribution in [1.29, 1.82) is 0 Å². The maximum atomic E-state index is 13.6. The van der Waals surface area contributed by atoms with E-state index in [4.69, 9.17) is 35.7 Å². The highest BCUT2D eigenvalue weighted by molar-refractivity contribution is 6.32. The Labute approximate surface area is 211 Å². The van der Waals surface area contributed by atoms with Gasteiger partial charge in [-0.05, 0) is 6.07 Å². The minimum absolute atomic E-state index is 0.0603. The Morgan fingerprint density at radius 1 is 0.889 bits per heavy atom. The number of anilines is 2. The molecule has 196 valence electrons. The summed E-state index contributed by atoms with van der Waals surface area (Å²) in [4.78, 5) is 8.52. The molecule has 11 nitrogen and oxygen atoms in total.